The lowest BCUT2D eigenvalue weighted by Crippen LogP contribution is -2.30. The summed E-state index contributed by atoms with van der Waals surface area (Å²) >= 11 is 1.40. The third kappa shape index (κ3) is 5.04. The molecule has 4 aromatic rings. The van der Waals surface area contributed by atoms with Crippen LogP contribution in [-0.4, -0.2) is 43.0 Å². The van der Waals surface area contributed by atoms with Crippen LogP contribution in [0, 0.1) is 0 Å². The fourth-order valence-electron chi connectivity index (χ4n) is 4.22. The molecule has 0 spiro atoms. The van der Waals surface area contributed by atoms with Gasteiger partial charge < -0.3 is 14.0 Å². The van der Waals surface area contributed by atoms with Crippen molar-refractivity contribution in [1.82, 2.24) is 8.87 Å². The average Bonchev–Trinajstić information content (AvgIpc) is 3.26. The topological polar surface area (TPSA) is 90.2 Å². The van der Waals surface area contributed by atoms with E-state index in [2.05, 4.69) is 4.99 Å². The highest BCUT2D eigenvalue weighted by Gasteiger charge is 2.24. The first-order chi connectivity index (χ1) is 17.9. The normalized spacial score (nSPS) is 13.9. The molecule has 37 heavy (non-hydrogen) atoms. The third-order valence-corrected chi connectivity index (χ3v) is 9.13. The predicted molar refractivity (Wildman–Crippen MR) is 143 cm³/mol. The Morgan fingerprint density at radius 1 is 1.00 bits per heavy atom. The molecule has 5 rings (SSSR count). The summed E-state index contributed by atoms with van der Waals surface area (Å²) in [5.41, 5.74) is 2.14. The lowest BCUT2D eigenvalue weighted by atomic mass is 10.2. The number of sulfonamides is 1. The zero-order chi connectivity index (χ0) is 26.0. The second-order valence-corrected chi connectivity index (χ2v) is 11.4. The molecule has 0 aliphatic carbocycles. The number of amides is 1. The number of hydrogen-bond acceptors (Lipinski definition) is 6. The Morgan fingerprint density at radius 2 is 1.68 bits per heavy atom. The van der Waals surface area contributed by atoms with E-state index in [0.29, 0.717) is 48.2 Å². The minimum absolute atomic E-state index is 0.137. The second-order valence-electron chi connectivity index (χ2n) is 8.45. The first kappa shape index (κ1) is 25.2. The van der Waals surface area contributed by atoms with Crippen molar-refractivity contribution in [2.45, 2.75) is 31.8 Å². The third-order valence-electron chi connectivity index (χ3n) is 6.15. The van der Waals surface area contributed by atoms with Crippen LogP contribution in [0.4, 0.5) is 0 Å². The number of fused-ring (bicyclic) bond motifs is 2. The van der Waals surface area contributed by atoms with E-state index in [1.54, 1.807) is 6.92 Å². The average molecular weight is 538 g/mol. The van der Waals surface area contributed by atoms with Crippen LogP contribution in [0.5, 0.6) is 11.5 Å². The molecule has 0 N–H and O–H groups in total. The number of rotatable bonds is 7. The Kier molecular flexibility index (Phi) is 7.14. The van der Waals surface area contributed by atoms with Gasteiger partial charge in [0.1, 0.15) is 13.2 Å². The van der Waals surface area contributed by atoms with Gasteiger partial charge in [0.15, 0.2) is 16.3 Å². The van der Waals surface area contributed by atoms with Crippen molar-refractivity contribution >= 4 is 37.5 Å². The minimum atomic E-state index is -3.72. The summed E-state index contributed by atoms with van der Waals surface area (Å²) in [5.74, 6) is 0.930. The van der Waals surface area contributed by atoms with E-state index in [-0.39, 0.29) is 11.4 Å². The Balaban J connectivity index is 1.42. The summed E-state index contributed by atoms with van der Waals surface area (Å²) in [6, 6.07) is 19.2. The lowest BCUT2D eigenvalue weighted by molar-refractivity contribution is 0.0997. The quantitative estimate of drug-likeness (QED) is 0.348. The Bertz CT molecular complexity index is 1610. The van der Waals surface area contributed by atoms with E-state index in [9.17, 15) is 13.2 Å². The van der Waals surface area contributed by atoms with Crippen LogP contribution in [0.25, 0.3) is 10.2 Å². The highest BCUT2D eigenvalue weighted by Crippen LogP contribution is 2.35. The van der Waals surface area contributed by atoms with Crippen LogP contribution >= 0.6 is 11.3 Å². The van der Waals surface area contributed by atoms with Gasteiger partial charge in [0.05, 0.1) is 15.1 Å². The molecule has 192 valence electrons. The molecule has 8 nitrogen and oxygen atoms in total. The molecule has 1 amide bonds. The number of thiazole rings is 1. The van der Waals surface area contributed by atoms with Crippen LogP contribution in [0.15, 0.2) is 76.6 Å². The van der Waals surface area contributed by atoms with E-state index in [1.165, 1.54) is 39.9 Å². The number of nitrogens with zero attached hydrogens (tertiary/aromatic N) is 3. The van der Waals surface area contributed by atoms with Crippen molar-refractivity contribution in [3.63, 3.8) is 0 Å². The molecule has 0 bridgehead atoms. The van der Waals surface area contributed by atoms with Crippen LogP contribution in [-0.2, 0) is 23.1 Å². The lowest BCUT2D eigenvalue weighted by Gasteiger charge is -2.20. The Hall–Kier alpha value is -3.47. The summed E-state index contributed by atoms with van der Waals surface area (Å²) < 4.78 is 42.2. The Labute approximate surface area is 219 Å². The zero-order valence-corrected chi connectivity index (χ0v) is 22.2. The SMILES string of the molecule is CCN(Cc1ccccc1)S(=O)(=O)c1ccc(C(=O)N=c2sc3cc4c(cc3n2CC)OCCO4)cc1. The number of aromatic nitrogens is 1. The molecule has 0 saturated carbocycles. The van der Waals surface area contributed by atoms with Gasteiger partial charge in [-0.2, -0.15) is 9.30 Å². The van der Waals surface area contributed by atoms with Crippen molar-refractivity contribution in [3.8, 4) is 11.5 Å². The molecule has 0 unspecified atom stereocenters. The first-order valence-corrected chi connectivity index (χ1v) is 14.3. The number of hydrogen-bond donors (Lipinski definition) is 0. The molecule has 3 aromatic carbocycles. The minimum Gasteiger partial charge on any atom is -0.486 e. The van der Waals surface area contributed by atoms with E-state index >= 15 is 0 Å². The number of carbonyl (C=O) groups is 1. The summed E-state index contributed by atoms with van der Waals surface area (Å²) in [7, 11) is -3.72. The Morgan fingerprint density at radius 3 is 2.32 bits per heavy atom. The zero-order valence-electron chi connectivity index (χ0n) is 20.6. The number of ether oxygens (including phenoxy) is 2. The highest BCUT2D eigenvalue weighted by atomic mass is 32.2. The summed E-state index contributed by atoms with van der Waals surface area (Å²) in [4.78, 5) is 18.1. The summed E-state index contributed by atoms with van der Waals surface area (Å²) in [5, 5.41) is 0. The van der Waals surface area contributed by atoms with Crippen molar-refractivity contribution in [2.24, 2.45) is 4.99 Å². The van der Waals surface area contributed by atoms with Gasteiger partial charge in [-0.3, -0.25) is 4.79 Å². The van der Waals surface area contributed by atoms with Gasteiger partial charge in [-0.05, 0) is 36.8 Å². The van der Waals surface area contributed by atoms with Crippen LogP contribution in [0.2, 0.25) is 0 Å². The summed E-state index contributed by atoms with van der Waals surface area (Å²) in [6.45, 7) is 6.02. The maximum Gasteiger partial charge on any atom is 0.279 e. The fraction of sp³-hybridized carbons (Fsp3) is 0.259. The molecule has 1 aliphatic heterocycles. The summed E-state index contributed by atoms with van der Waals surface area (Å²) in [6.07, 6.45) is 0. The van der Waals surface area contributed by atoms with Crippen molar-refractivity contribution < 1.29 is 22.7 Å². The van der Waals surface area contributed by atoms with Gasteiger partial charge in [0, 0.05) is 37.3 Å². The molecule has 10 heteroatoms. The van der Waals surface area contributed by atoms with Gasteiger partial charge in [-0.15, -0.1) is 0 Å². The van der Waals surface area contributed by atoms with E-state index in [1.807, 2.05) is 54.0 Å². The number of carbonyl (C=O) groups excluding carboxylic acids is 1. The van der Waals surface area contributed by atoms with Gasteiger partial charge in [0.25, 0.3) is 5.91 Å². The molecule has 1 aromatic heterocycles. The van der Waals surface area contributed by atoms with Crippen molar-refractivity contribution in [2.75, 3.05) is 19.8 Å². The molecule has 0 fully saturated rings. The standard InChI is InChI=1S/C27H27N3O5S2/c1-3-29(18-19-8-6-5-7-9-19)37(32,33)21-12-10-20(11-13-21)26(31)28-27-30(4-2)22-16-23-24(17-25(22)36-27)35-15-14-34-23/h5-13,16-17H,3-4,14-15,18H2,1-2H3. The van der Waals surface area contributed by atoms with Gasteiger partial charge >= 0.3 is 0 Å². The van der Waals surface area contributed by atoms with Crippen molar-refractivity contribution in [1.29, 1.82) is 0 Å². The molecular weight excluding hydrogens is 510 g/mol. The van der Waals surface area contributed by atoms with E-state index in [0.717, 1.165) is 15.8 Å². The molecule has 0 atom stereocenters. The van der Waals surface area contributed by atoms with Crippen LogP contribution in [0.3, 0.4) is 0 Å². The molecular formula is C27H27N3O5S2. The maximum atomic E-state index is 13.2. The van der Waals surface area contributed by atoms with Crippen LogP contribution < -0.4 is 14.3 Å². The van der Waals surface area contributed by atoms with Gasteiger partial charge in [-0.25, -0.2) is 8.42 Å². The highest BCUT2D eigenvalue weighted by molar-refractivity contribution is 7.89. The molecule has 2 heterocycles. The molecule has 0 saturated heterocycles. The van der Waals surface area contributed by atoms with E-state index < -0.39 is 15.9 Å². The molecule has 1 aliphatic rings. The monoisotopic (exact) mass is 537 g/mol. The maximum absolute atomic E-state index is 13.2. The predicted octanol–water partition coefficient (Wildman–Crippen LogP) is 4.45. The van der Waals surface area contributed by atoms with E-state index in [4.69, 9.17) is 9.47 Å². The smallest absolute Gasteiger partial charge is 0.279 e. The van der Waals surface area contributed by atoms with Gasteiger partial charge in [0.2, 0.25) is 10.0 Å². The second kappa shape index (κ2) is 10.5. The first-order valence-electron chi connectivity index (χ1n) is 12.1. The van der Waals surface area contributed by atoms with Gasteiger partial charge in [-0.1, -0.05) is 48.6 Å². The van der Waals surface area contributed by atoms with Crippen molar-refractivity contribution in [3.05, 3.63) is 82.7 Å². The van der Waals surface area contributed by atoms with Crippen LogP contribution in [0.1, 0.15) is 29.8 Å². The fourth-order valence-corrected chi connectivity index (χ4v) is 6.76. The number of benzene rings is 3. The molecule has 0 radical (unpaired) electrons. The number of aryl methyl sites for hydroxylation is 1. The largest absolute Gasteiger partial charge is 0.486 e.